The Bertz CT molecular complexity index is 2820. The van der Waals surface area contributed by atoms with Crippen molar-refractivity contribution < 1.29 is 63.4 Å². The summed E-state index contributed by atoms with van der Waals surface area (Å²) >= 11 is 0.486. The maximum absolute atomic E-state index is 12.2. The van der Waals surface area contributed by atoms with Crippen LogP contribution in [-0.2, 0) is 59.0 Å². The van der Waals surface area contributed by atoms with Gasteiger partial charge >= 0.3 is 5.97 Å². The Morgan fingerprint density at radius 2 is 1.11 bits per heavy atom. The van der Waals surface area contributed by atoms with E-state index in [0.29, 0.717) is 40.2 Å². The second-order valence-corrected chi connectivity index (χ2v) is 16.7. The second-order valence-electron chi connectivity index (χ2n) is 11.7. The smallest absolute Gasteiger partial charge is 0.335 e. The number of fused-ring (bicyclic) bond motifs is 2. The number of rotatable bonds is 13. The van der Waals surface area contributed by atoms with E-state index in [1.807, 2.05) is 0 Å². The normalized spacial score (nSPS) is 12.4. The maximum atomic E-state index is 12.2. The molecule has 0 amide bonds. The zero-order valence-electron chi connectivity index (χ0n) is 27.1. The van der Waals surface area contributed by atoms with E-state index in [2.05, 4.69) is 24.3 Å². The van der Waals surface area contributed by atoms with Gasteiger partial charge in [0.15, 0.2) is 0 Å². The van der Waals surface area contributed by atoms with E-state index in [9.17, 15) is 48.8 Å². The van der Waals surface area contributed by atoms with Crippen LogP contribution < -0.4 is 0 Å². The number of hydrogen-bond donors (Lipinski definition) is 5. The largest absolute Gasteiger partial charge is 0.478 e. The molecule has 0 spiro atoms. The summed E-state index contributed by atoms with van der Waals surface area (Å²) in [6.45, 7) is 0. The molecule has 0 aliphatic carbocycles. The van der Waals surface area contributed by atoms with Crippen LogP contribution in [0.4, 0.5) is 0 Å². The lowest BCUT2D eigenvalue weighted by molar-refractivity contribution is -0.432. The number of carboxylic acid groups (broad SMARTS) is 1. The summed E-state index contributed by atoms with van der Waals surface area (Å²) in [7, 11) is -14.5. The predicted octanol–water partition coefficient (Wildman–Crippen LogP) is 4.82. The highest BCUT2D eigenvalue weighted by Crippen LogP contribution is 2.32. The van der Waals surface area contributed by atoms with Crippen LogP contribution in [0.1, 0.15) is 44.5 Å². The van der Waals surface area contributed by atoms with Crippen LogP contribution in [0.15, 0.2) is 105 Å². The van der Waals surface area contributed by atoms with E-state index < -0.39 is 51.0 Å². The van der Waals surface area contributed by atoms with Crippen molar-refractivity contribution in [2.45, 2.75) is 38.8 Å². The Kier molecular flexibility index (Phi) is 10.8. The average Bonchev–Trinajstić information content (AvgIpc) is 3.08. The zero-order valence-corrected chi connectivity index (χ0v) is 30.4. The van der Waals surface area contributed by atoms with Crippen molar-refractivity contribution in [1.82, 2.24) is 15.0 Å². The van der Waals surface area contributed by atoms with E-state index in [0.717, 1.165) is 12.1 Å². The van der Waals surface area contributed by atoms with Crippen molar-refractivity contribution in [2.75, 3.05) is 0 Å². The van der Waals surface area contributed by atoms with Crippen LogP contribution in [0.2, 0.25) is 0 Å². The van der Waals surface area contributed by atoms with Gasteiger partial charge in [0.05, 0.1) is 22.5 Å². The van der Waals surface area contributed by atoms with Gasteiger partial charge in [-0.05, 0) is 63.9 Å². The van der Waals surface area contributed by atoms with Crippen LogP contribution in [0.5, 0.6) is 0 Å². The summed E-state index contributed by atoms with van der Waals surface area (Å²) < 4.78 is 106. The lowest BCUT2D eigenvalue weighted by Crippen LogP contribution is -2.10. The molecular weight excluding hydrogens is 791 g/mol. The Morgan fingerprint density at radius 3 is 1.59 bits per heavy atom. The molecule has 1 aromatic heterocycles. The molecule has 17 nitrogen and oxygen atoms in total. The van der Waals surface area contributed by atoms with Gasteiger partial charge in [0, 0.05) is 34.9 Å². The van der Waals surface area contributed by atoms with Gasteiger partial charge in [-0.1, -0.05) is 53.6 Å². The highest BCUT2D eigenvalue weighted by Gasteiger charge is 2.22. The van der Waals surface area contributed by atoms with E-state index in [1.54, 1.807) is 24.3 Å². The molecule has 21 heteroatoms. The molecule has 0 unspecified atom stereocenters. The number of aromatic nitrogens is 3. The monoisotopic (exact) mass is 815 g/mol. The summed E-state index contributed by atoms with van der Waals surface area (Å²) in [4.78, 5) is 23.6. The van der Waals surface area contributed by atoms with Crippen molar-refractivity contribution in [2.24, 2.45) is 0 Å². The zero-order chi connectivity index (χ0) is 39.0. The van der Waals surface area contributed by atoms with Gasteiger partial charge < -0.3 is 5.11 Å². The number of aromatic carboxylic acids is 1. The molecule has 0 fully saturated rings. The number of benzene rings is 5. The van der Waals surface area contributed by atoms with Gasteiger partial charge in [-0.3, -0.25) is 13.7 Å². The first-order chi connectivity index (χ1) is 25.4. The third-order valence-corrected chi connectivity index (χ3v) is 11.1. The van der Waals surface area contributed by atoms with Crippen molar-refractivity contribution in [3.63, 3.8) is 0 Å². The van der Waals surface area contributed by atoms with E-state index in [1.165, 1.54) is 42.5 Å². The highest BCUT2D eigenvalue weighted by molar-refractivity contribution is 7.94. The minimum absolute atomic E-state index is 0.00606. The van der Waals surface area contributed by atoms with Crippen LogP contribution in [0.25, 0.3) is 21.5 Å². The van der Waals surface area contributed by atoms with Crippen LogP contribution >= 0.6 is 12.0 Å². The molecule has 0 saturated carbocycles. The Hall–Kier alpha value is -4.94. The molecule has 0 aliphatic heterocycles. The molecule has 5 aromatic carbocycles. The first-order valence-corrected chi connectivity index (χ1v) is 20.2. The summed E-state index contributed by atoms with van der Waals surface area (Å²) in [6.07, 6.45) is 0.142. The van der Waals surface area contributed by atoms with Gasteiger partial charge in [-0.25, -0.2) is 25.0 Å². The molecule has 6 rings (SSSR count). The number of nitrogens with zero attached hydrogens (tertiary/aromatic N) is 3. The van der Waals surface area contributed by atoms with E-state index in [-0.39, 0.29) is 63.4 Å². The van der Waals surface area contributed by atoms with Crippen LogP contribution in [0, 0.1) is 0 Å². The third-order valence-electron chi connectivity index (χ3n) is 7.95. The first kappa shape index (κ1) is 38.8. The molecule has 0 saturated heterocycles. The molecular formula is C33H25N3O14S4. The van der Waals surface area contributed by atoms with Crippen molar-refractivity contribution in [3.8, 4) is 0 Å². The number of carbonyl (C=O) groups is 1. The summed E-state index contributed by atoms with van der Waals surface area (Å²) in [6, 6.07) is 19.5. The molecule has 0 atom stereocenters. The first-order valence-electron chi connectivity index (χ1n) is 15.1. The number of hydrogen-bond acceptors (Lipinski definition) is 14. The van der Waals surface area contributed by atoms with Gasteiger partial charge in [0.25, 0.3) is 30.4 Å². The molecule has 0 bridgehead atoms. The summed E-state index contributed by atoms with van der Waals surface area (Å²) in [5.41, 5.74) is 1.67. The Balaban J connectivity index is 1.43. The summed E-state index contributed by atoms with van der Waals surface area (Å²) in [5.74, 6) is -0.441. The lowest BCUT2D eigenvalue weighted by atomic mass is 10.0. The SMILES string of the molecule is O=C(O)c1cccc(Cc2nc(Cc3ccc4c(S(=O)(=O)O)cc(SOOO)cc4c3)nc(Cc3ccc4c(S(=O)(=O)O)cc(S(=O)(=O)O)cc4c3)n2)c1. The Labute approximate surface area is 310 Å². The molecule has 0 radical (unpaired) electrons. The minimum atomic E-state index is -4.90. The van der Waals surface area contributed by atoms with Gasteiger partial charge in [-0.2, -0.15) is 25.3 Å². The maximum Gasteiger partial charge on any atom is 0.335 e. The van der Waals surface area contributed by atoms with Gasteiger partial charge in [-0.15, -0.1) is 4.33 Å². The summed E-state index contributed by atoms with van der Waals surface area (Å²) in [5, 5.41) is 22.2. The fourth-order valence-corrected chi connectivity index (χ4v) is 8.36. The van der Waals surface area contributed by atoms with Gasteiger partial charge in [0.1, 0.15) is 27.3 Å². The van der Waals surface area contributed by atoms with Crippen molar-refractivity contribution in [3.05, 3.63) is 125 Å². The van der Waals surface area contributed by atoms with Crippen LogP contribution in [-0.4, -0.2) is 70.2 Å². The fourth-order valence-electron chi connectivity index (χ4n) is 5.74. The molecule has 0 aliphatic rings. The fraction of sp³-hybridized carbons (Fsp3) is 0.0909. The molecule has 1 heterocycles. The van der Waals surface area contributed by atoms with Gasteiger partial charge in [0.2, 0.25) is 0 Å². The predicted molar refractivity (Wildman–Crippen MR) is 190 cm³/mol. The lowest BCUT2D eigenvalue weighted by Gasteiger charge is -2.11. The minimum Gasteiger partial charge on any atom is -0.478 e. The number of carboxylic acids is 1. The average molecular weight is 816 g/mol. The standard InChI is InChI=1S/C33H25N3O14S4/c37-33(38)21-3-1-2-18(8-21)11-30-34-31(12-19-4-6-26-22(9-19)14-24(51-50-49-39)16-28(26)53(43,44)45)36-32(35-30)13-20-5-7-27-23(10-20)15-25(52(40,41)42)17-29(27)54(46,47)48/h1-10,14-17,39H,11-13H2,(H,37,38)(H,40,41,42)(H,43,44,45)(H,46,47,48). The van der Waals surface area contributed by atoms with Crippen molar-refractivity contribution >= 4 is 69.9 Å². The molecule has 6 aromatic rings. The highest BCUT2D eigenvalue weighted by atomic mass is 32.2. The van der Waals surface area contributed by atoms with E-state index in [4.69, 9.17) is 5.26 Å². The molecule has 5 N–H and O–H groups in total. The van der Waals surface area contributed by atoms with E-state index >= 15 is 0 Å². The molecule has 54 heavy (non-hydrogen) atoms. The Morgan fingerprint density at radius 1 is 0.611 bits per heavy atom. The second kappa shape index (κ2) is 15.1. The topological polar surface area (TPSA) is 278 Å². The quantitative estimate of drug-likeness (QED) is 0.0452. The van der Waals surface area contributed by atoms with Crippen LogP contribution in [0.3, 0.4) is 0 Å². The molecule has 280 valence electrons. The van der Waals surface area contributed by atoms with Crippen molar-refractivity contribution in [1.29, 1.82) is 0 Å². The third kappa shape index (κ3) is 9.05.